The molecule has 5 heteroatoms. The largest absolute Gasteiger partial charge is 0.381 e. The molecule has 0 radical (unpaired) electrons. The van der Waals surface area contributed by atoms with Crippen LogP contribution in [0, 0.1) is 11.9 Å². The van der Waals surface area contributed by atoms with Gasteiger partial charge in [0, 0.05) is 26.8 Å². The number of rotatable bonds is 3. The van der Waals surface area contributed by atoms with Gasteiger partial charge in [-0.15, -0.1) is 0 Å². The van der Waals surface area contributed by atoms with Crippen molar-refractivity contribution in [3.63, 3.8) is 0 Å². The van der Waals surface area contributed by atoms with E-state index in [0.29, 0.717) is 12.5 Å². The number of aromatic nitrogens is 1. The minimum Gasteiger partial charge on any atom is -0.381 e. The summed E-state index contributed by atoms with van der Waals surface area (Å²) < 4.78 is 18.2. The number of ether oxygens (including phenoxy) is 1. The van der Waals surface area contributed by atoms with E-state index in [1.165, 1.54) is 18.2 Å². The van der Waals surface area contributed by atoms with Crippen molar-refractivity contribution in [3.05, 3.63) is 29.8 Å². The molecule has 0 saturated carbocycles. The smallest absolute Gasteiger partial charge is 0.272 e. The van der Waals surface area contributed by atoms with Gasteiger partial charge in [0.15, 0.2) is 0 Å². The highest BCUT2D eigenvalue weighted by atomic mass is 19.1. The average Bonchev–Trinajstić information content (AvgIpc) is 2.39. The molecule has 4 nitrogen and oxygen atoms in total. The number of amides is 1. The van der Waals surface area contributed by atoms with E-state index in [2.05, 4.69) is 4.98 Å². The summed E-state index contributed by atoms with van der Waals surface area (Å²) in [4.78, 5) is 17.2. The van der Waals surface area contributed by atoms with Gasteiger partial charge in [-0.2, -0.15) is 4.39 Å². The predicted octanol–water partition coefficient (Wildman–Crippen LogP) is 1.72. The van der Waals surface area contributed by atoms with Crippen molar-refractivity contribution in [1.29, 1.82) is 0 Å². The second-order valence-electron chi connectivity index (χ2n) is 4.59. The van der Waals surface area contributed by atoms with Gasteiger partial charge in [-0.25, -0.2) is 4.98 Å². The number of pyridine rings is 1. The molecule has 1 amide bonds. The first-order valence-electron chi connectivity index (χ1n) is 6.12. The van der Waals surface area contributed by atoms with Gasteiger partial charge in [0.05, 0.1) is 0 Å². The summed E-state index contributed by atoms with van der Waals surface area (Å²) in [5.41, 5.74) is 0.157. The lowest BCUT2D eigenvalue weighted by molar-refractivity contribution is 0.0494. The summed E-state index contributed by atoms with van der Waals surface area (Å²) in [6, 6.07) is 4.26. The average molecular weight is 252 g/mol. The minimum absolute atomic E-state index is 0.157. The number of hydrogen-bond donors (Lipinski definition) is 0. The van der Waals surface area contributed by atoms with Crippen LogP contribution >= 0.6 is 0 Å². The van der Waals surface area contributed by atoms with Gasteiger partial charge in [0.1, 0.15) is 5.69 Å². The van der Waals surface area contributed by atoms with Crippen molar-refractivity contribution in [2.45, 2.75) is 12.8 Å². The van der Waals surface area contributed by atoms with E-state index in [4.69, 9.17) is 4.74 Å². The molecule has 0 aromatic carbocycles. The Balaban J connectivity index is 1.95. The van der Waals surface area contributed by atoms with Crippen LogP contribution in [0.4, 0.5) is 4.39 Å². The van der Waals surface area contributed by atoms with Crippen molar-refractivity contribution in [1.82, 2.24) is 9.88 Å². The lowest BCUT2D eigenvalue weighted by Gasteiger charge is -2.26. The van der Waals surface area contributed by atoms with Crippen LogP contribution in [0.2, 0.25) is 0 Å². The predicted molar refractivity (Wildman–Crippen MR) is 64.7 cm³/mol. The van der Waals surface area contributed by atoms with Crippen molar-refractivity contribution in [2.24, 2.45) is 5.92 Å². The summed E-state index contributed by atoms with van der Waals surface area (Å²) in [6.45, 7) is 2.18. The molecule has 0 aliphatic carbocycles. The maximum Gasteiger partial charge on any atom is 0.272 e. The molecular formula is C13H17FN2O2. The molecule has 98 valence electrons. The van der Waals surface area contributed by atoms with Gasteiger partial charge in [0.2, 0.25) is 5.95 Å². The molecule has 0 spiro atoms. The highest BCUT2D eigenvalue weighted by Crippen LogP contribution is 2.16. The van der Waals surface area contributed by atoms with Gasteiger partial charge in [-0.05, 0) is 30.9 Å². The first-order valence-corrected chi connectivity index (χ1v) is 6.12. The van der Waals surface area contributed by atoms with Crippen LogP contribution < -0.4 is 0 Å². The van der Waals surface area contributed by atoms with Gasteiger partial charge in [-0.1, -0.05) is 6.07 Å². The maximum atomic E-state index is 13.0. The summed E-state index contributed by atoms with van der Waals surface area (Å²) in [7, 11) is 1.73. The third-order valence-corrected chi connectivity index (χ3v) is 3.15. The Morgan fingerprint density at radius 3 is 2.89 bits per heavy atom. The summed E-state index contributed by atoms with van der Waals surface area (Å²) in [6.07, 6.45) is 1.93. The van der Waals surface area contributed by atoms with E-state index in [0.717, 1.165) is 26.1 Å². The van der Waals surface area contributed by atoms with Crippen LogP contribution in [-0.4, -0.2) is 42.6 Å². The van der Waals surface area contributed by atoms with Gasteiger partial charge >= 0.3 is 0 Å². The van der Waals surface area contributed by atoms with E-state index in [1.807, 2.05) is 0 Å². The standard InChI is InChI=1S/C13H17FN2O2/c1-16(9-10-5-7-18-8-6-10)13(17)11-3-2-4-12(14)15-11/h2-4,10H,5-9H2,1H3. The molecule has 1 fully saturated rings. The van der Waals surface area contributed by atoms with Gasteiger partial charge in [0.25, 0.3) is 5.91 Å². The summed E-state index contributed by atoms with van der Waals surface area (Å²) in [5.74, 6) is -0.400. The molecule has 1 aliphatic heterocycles. The van der Waals surface area contributed by atoms with Crippen LogP contribution in [0.3, 0.4) is 0 Å². The van der Waals surface area contributed by atoms with E-state index >= 15 is 0 Å². The number of halogens is 1. The highest BCUT2D eigenvalue weighted by Gasteiger charge is 2.20. The fourth-order valence-electron chi connectivity index (χ4n) is 2.12. The molecule has 1 aliphatic rings. The maximum absolute atomic E-state index is 13.0. The molecule has 0 unspecified atom stereocenters. The Morgan fingerprint density at radius 2 is 2.22 bits per heavy atom. The van der Waals surface area contributed by atoms with E-state index in [1.54, 1.807) is 11.9 Å². The quantitative estimate of drug-likeness (QED) is 0.769. The molecule has 0 bridgehead atoms. The first kappa shape index (κ1) is 13.0. The highest BCUT2D eigenvalue weighted by molar-refractivity contribution is 5.92. The Bertz CT molecular complexity index is 419. The minimum atomic E-state index is -0.625. The van der Waals surface area contributed by atoms with Gasteiger partial charge < -0.3 is 9.64 Å². The van der Waals surface area contributed by atoms with Crippen LogP contribution in [0.1, 0.15) is 23.3 Å². The Kier molecular flexibility index (Phi) is 4.25. The third kappa shape index (κ3) is 3.26. The lowest BCUT2D eigenvalue weighted by Crippen LogP contribution is -2.34. The van der Waals surface area contributed by atoms with E-state index in [-0.39, 0.29) is 11.6 Å². The zero-order valence-corrected chi connectivity index (χ0v) is 10.4. The zero-order chi connectivity index (χ0) is 13.0. The van der Waals surface area contributed by atoms with E-state index < -0.39 is 5.95 Å². The SMILES string of the molecule is CN(CC1CCOCC1)C(=O)c1cccc(F)n1. The van der Waals surface area contributed by atoms with Crippen LogP contribution in [0.5, 0.6) is 0 Å². The topological polar surface area (TPSA) is 42.4 Å². The normalized spacial score (nSPS) is 16.6. The van der Waals surface area contributed by atoms with Crippen molar-refractivity contribution in [2.75, 3.05) is 26.8 Å². The van der Waals surface area contributed by atoms with Crippen molar-refractivity contribution in [3.8, 4) is 0 Å². The number of carbonyl (C=O) groups excluding carboxylic acids is 1. The Labute approximate surface area is 106 Å². The Morgan fingerprint density at radius 1 is 1.50 bits per heavy atom. The van der Waals surface area contributed by atoms with Crippen LogP contribution in [0.15, 0.2) is 18.2 Å². The fourth-order valence-corrected chi connectivity index (χ4v) is 2.12. The summed E-state index contributed by atoms with van der Waals surface area (Å²) >= 11 is 0. The first-order chi connectivity index (χ1) is 8.66. The molecule has 0 N–H and O–H groups in total. The van der Waals surface area contributed by atoms with Crippen molar-refractivity contribution < 1.29 is 13.9 Å². The molecular weight excluding hydrogens is 235 g/mol. The van der Waals surface area contributed by atoms with E-state index in [9.17, 15) is 9.18 Å². The molecule has 1 saturated heterocycles. The fraction of sp³-hybridized carbons (Fsp3) is 0.538. The number of carbonyl (C=O) groups is 1. The monoisotopic (exact) mass is 252 g/mol. The Hall–Kier alpha value is -1.49. The lowest BCUT2D eigenvalue weighted by atomic mass is 10.00. The molecule has 1 aromatic heterocycles. The second kappa shape index (κ2) is 5.91. The number of nitrogens with zero attached hydrogens (tertiary/aromatic N) is 2. The molecule has 0 atom stereocenters. The van der Waals surface area contributed by atoms with Crippen LogP contribution in [0.25, 0.3) is 0 Å². The van der Waals surface area contributed by atoms with Crippen molar-refractivity contribution >= 4 is 5.91 Å². The molecule has 2 heterocycles. The molecule has 18 heavy (non-hydrogen) atoms. The molecule has 1 aromatic rings. The summed E-state index contributed by atoms with van der Waals surface area (Å²) in [5, 5.41) is 0. The third-order valence-electron chi connectivity index (χ3n) is 3.15. The second-order valence-corrected chi connectivity index (χ2v) is 4.59. The van der Waals surface area contributed by atoms with Crippen LogP contribution in [-0.2, 0) is 4.74 Å². The van der Waals surface area contributed by atoms with Gasteiger partial charge in [-0.3, -0.25) is 4.79 Å². The zero-order valence-electron chi connectivity index (χ0n) is 10.4. The number of hydrogen-bond acceptors (Lipinski definition) is 3. The molecule has 2 rings (SSSR count).